The molecular weight excluding hydrogens is 496 g/mol. The molecular formula is C39H34N2. The van der Waals surface area contributed by atoms with Crippen LogP contribution in [0.4, 0.5) is 0 Å². The molecule has 6 aromatic rings. The maximum absolute atomic E-state index is 2.48. The van der Waals surface area contributed by atoms with Crippen molar-refractivity contribution in [2.75, 3.05) is 0 Å². The fourth-order valence-corrected chi connectivity index (χ4v) is 7.13. The highest BCUT2D eigenvalue weighted by atomic mass is 15.0. The Labute approximate surface area is 241 Å². The third-order valence-corrected chi connectivity index (χ3v) is 9.12. The van der Waals surface area contributed by atoms with Crippen LogP contribution in [-0.2, 0) is 12.8 Å². The highest BCUT2D eigenvalue weighted by Crippen LogP contribution is 2.39. The molecule has 8 rings (SSSR count). The molecule has 41 heavy (non-hydrogen) atoms. The van der Waals surface area contributed by atoms with E-state index < -0.39 is 0 Å². The number of hydrogen-bond donors (Lipinski definition) is 0. The zero-order chi connectivity index (χ0) is 27.5. The molecule has 4 aromatic carbocycles. The van der Waals surface area contributed by atoms with Gasteiger partial charge in [0.1, 0.15) is 0 Å². The molecule has 0 fully saturated rings. The minimum atomic E-state index is 0.502. The van der Waals surface area contributed by atoms with E-state index in [0.29, 0.717) is 11.8 Å². The Balaban J connectivity index is 1.10. The Bertz CT molecular complexity index is 1980. The summed E-state index contributed by atoms with van der Waals surface area (Å²) in [7, 11) is 0. The molecule has 0 amide bonds. The molecule has 0 N–H and O–H groups in total. The van der Waals surface area contributed by atoms with Crippen molar-refractivity contribution in [3.05, 3.63) is 143 Å². The van der Waals surface area contributed by atoms with Crippen LogP contribution in [0.15, 0.2) is 109 Å². The van der Waals surface area contributed by atoms with Gasteiger partial charge in [0.15, 0.2) is 0 Å². The lowest BCUT2D eigenvalue weighted by atomic mass is 9.93. The van der Waals surface area contributed by atoms with Crippen molar-refractivity contribution in [2.45, 2.75) is 39.0 Å². The van der Waals surface area contributed by atoms with Crippen molar-refractivity contribution in [3.8, 4) is 11.4 Å². The third kappa shape index (κ3) is 3.93. The molecule has 2 nitrogen and oxygen atoms in total. The van der Waals surface area contributed by atoms with Crippen LogP contribution in [0.25, 0.3) is 45.3 Å². The number of allylic oxidation sites excluding steroid dienone is 2. The minimum absolute atomic E-state index is 0.502. The summed E-state index contributed by atoms with van der Waals surface area (Å²) < 4.78 is 4.92. The van der Waals surface area contributed by atoms with Crippen molar-refractivity contribution in [1.29, 1.82) is 0 Å². The van der Waals surface area contributed by atoms with Gasteiger partial charge in [-0.3, -0.25) is 0 Å². The number of hydrogen-bond acceptors (Lipinski definition) is 0. The second-order valence-electron chi connectivity index (χ2n) is 12.0. The molecule has 2 unspecified atom stereocenters. The second-order valence-corrected chi connectivity index (χ2v) is 12.0. The first-order valence-corrected chi connectivity index (χ1v) is 14.9. The first-order valence-electron chi connectivity index (χ1n) is 14.9. The highest BCUT2D eigenvalue weighted by molar-refractivity contribution is 5.94. The maximum Gasteiger partial charge on any atom is 0.0537 e. The van der Waals surface area contributed by atoms with Gasteiger partial charge < -0.3 is 9.13 Å². The number of aromatic nitrogens is 2. The van der Waals surface area contributed by atoms with Crippen LogP contribution in [0.3, 0.4) is 0 Å². The van der Waals surface area contributed by atoms with Gasteiger partial charge in [0.2, 0.25) is 0 Å². The third-order valence-electron chi connectivity index (χ3n) is 9.12. The summed E-state index contributed by atoms with van der Waals surface area (Å²) in [5, 5.41) is 2.72. The largest absolute Gasteiger partial charge is 0.313 e. The van der Waals surface area contributed by atoms with Gasteiger partial charge in [-0.25, -0.2) is 0 Å². The summed E-state index contributed by atoms with van der Waals surface area (Å²) in [6.07, 6.45) is 12.4. The average molecular weight is 531 g/mol. The van der Waals surface area contributed by atoms with Gasteiger partial charge in [0, 0.05) is 45.0 Å². The number of nitrogens with zero attached hydrogens (tertiary/aromatic N) is 2. The summed E-state index contributed by atoms with van der Waals surface area (Å²) in [6.45, 7) is 4.65. The number of fused-ring (bicyclic) bond motifs is 6. The van der Waals surface area contributed by atoms with Crippen LogP contribution in [0, 0.1) is 5.92 Å². The molecule has 0 bridgehead atoms. The van der Waals surface area contributed by atoms with E-state index in [2.05, 4.69) is 144 Å². The van der Waals surface area contributed by atoms with Crippen LogP contribution in [-0.4, -0.2) is 9.13 Å². The maximum atomic E-state index is 2.48. The summed E-state index contributed by atoms with van der Waals surface area (Å²) in [5.41, 5.74) is 13.3. The number of rotatable bonds is 4. The normalized spacial score (nSPS) is 17.7. The lowest BCUT2D eigenvalue weighted by Crippen LogP contribution is -2.07. The topological polar surface area (TPSA) is 9.86 Å². The smallest absolute Gasteiger partial charge is 0.0537 e. The van der Waals surface area contributed by atoms with E-state index in [9.17, 15) is 0 Å². The highest BCUT2D eigenvalue weighted by Gasteiger charge is 2.23. The van der Waals surface area contributed by atoms with E-state index in [-0.39, 0.29) is 0 Å². The average Bonchev–Trinajstić information content (AvgIpc) is 3.52. The Morgan fingerprint density at radius 3 is 1.98 bits per heavy atom. The van der Waals surface area contributed by atoms with Gasteiger partial charge in [-0.15, -0.1) is 0 Å². The Morgan fingerprint density at radius 2 is 1.27 bits per heavy atom. The van der Waals surface area contributed by atoms with Crippen LogP contribution in [0.1, 0.15) is 59.8 Å². The van der Waals surface area contributed by atoms with Gasteiger partial charge >= 0.3 is 0 Å². The molecule has 0 aliphatic heterocycles. The Hall–Kier alpha value is -4.56. The van der Waals surface area contributed by atoms with Crippen molar-refractivity contribution in [1.82, 2.24) is 9.13 Å². The van der Waals surface area contributed by atoms with Crippen molar-refractivity contribution in [2.24, 2.45) is 5.92 Å². The predicted octanol–water partition coefficient (Wildman–Crippen LogP) is 9.89. The molecule has 2 heteroatoms. The predicted molar refractivity (Wildman–Crippen MR) is 173 cm³/mol. The van der Waals surface area contributed by atoms with Gasteiger partial charge in [0.25, 0.3) is 0 Å². The van der Waals surface area contributed by atoms with Crippen LogP contribution in [0.5, 0.6) is 0 Å². The fraction of sp³-hybridized carbons (Fsp3) is 0.179. The van der Waals surface area contributed by atoms with E-state index >= 15 is 0 Å². The SMILES string of the molecule is CC1C=Cc2c(c3ccccc3n2-c2ccc(Cc3ccc(-n4c5c(c6ccccc64)C=CCC5C)cc3)cc2)C1. The molecule has 200 valence electrons. The number of para-hydroxylation sites is 2. The quantitative estimate of drug-likeness (QED) is 0.215. The van der Waals surface area contributed by atoms with E-state index in [4.69, 9.17) is 0 Å². The molecule has 0 radical (unpaired) electrons. The molecule has 0 saturated carbocycles. The van der Waals surface area contributed by atoms with Gasteiger partial charge in [0.05, 0.1) is 11.0 Å². The first kappa shape index (κ1) is 24.3. The van der Waals surface area contributed by atoms with Gasteiger partial charge in [-0.1, -0.05) is 92.7 Å². The second kappa shape index (κ2) is 9.52. The van der Waals surface area contributed by atoms with Crippen molar-refractivity contribution in [3.63, 3.8) is 0 Å². The molecule has 2 aromatic heterocycles. The van der Waals surface area contributed by atoms with E-state index in [1.54, 1.807) is 0 Å². The Kier molecular flexibility index (Phi) is 5.63. The zero-order valence-electron chi connectivity index (χ0n) is 23.7. The molecule has 2 aliphatic rings. The van der Waals surface area contributed by atoms with E-state index in [1.807, 2.05) is 0 Å². The van der Waals surface area contributed by atoms with Crippen LogP contribution < -0.4 is 0 Å². The number of benzene rings is 4. The first-order chi connectivity index (χ1) is 20.2. The van der Waals surface area contributed by atoms with E-state index in [1.165, 1.54) is 66.8 Å². The summed E-state index contributed by atoms with van der Waals surface area (Å²) in [6, 6.07) is 36.0. The molecule has 2 heterocycles. The summed E-state index contributed by atoms with van der Waals surface area (Å²) in [4.78, 5) is 0. The minimum Gasteiger partial charge on any atom is -0.313 e. The lowest BCUT2D eigenvalue weighted by Gasteiger charge is -2.19. The lowest BCUT2D eigenvalue weighted by molar-refractivity contribution is 0.718. The molecule has 0 saturated heterocycles. The van der Waals surface area contributed by atoms with Gasteiger partial charge in [-0.2, -0.15) is 0 Å². The summed E-state index contributed by atoms with van der Waals surface area (Å²) in [5.74, 6) is 1.08. The fourth-order valence-electron chi connectivity index (χ4n) is 7.13. The molecule has 2 aliphatic carbocycles. The zero-order valence-corrected chi connectivity index (χ0v) is 23.7. The van der Waals surface area contributed by atoms with Crippen molar-refractivity contribution >= 4 is 34.0 Å². The van der Waals surface area contributed by atoms with Crippen LogP contribution >= 0.6 is 0 Å². The standard InChI is InChI=1S/C39H34N2/c1-26-14-23-38-35(24-26)33-10-4-5-12-36(33)40(38)30-19-15-28(16-20-30)25-29-17-21-31(22-18-29)41-37-13-6-3-9-32(37)34-11-7-8-27(2)39(34)41/h3-7,9-23,26-27H,8,24-25H2,1-2H3. The van der Waals surface area contributed by atoms with Crippen LogP contribution in [0.2, 0.25) is 0 Å². The Morgan fingerprint density at radius 1 is 0.659 bits per heavy atom. The molecule has 0 spiro atoms. The van der Waals surface area contributed by atoms with Crippen molar-refractivity contribution < 1.29 is 0 Å². The van der Waals surface area contributed by atoms with Gasteiger partial charge in [-0.05, 0) is 84.3 Å². The summed E-state index contributed by atoms with van der Waals surface area (Å²) >= 11 is 0. The molecule has 2 atom stereocenters. The van der Waals surface area contributed by atoms with E-state index in [0.717, 1.165) is 19.3 Å². The monoisotopic (exact) mass is 530 g/mol.